The lowest BCUT2D eigenvalue weighted by Gasteiger charge is -2.12. The molecule has 0 unspecified atom stereocenters. The fourth-order valence-electron chi connectivity index (χ4n) is 4.66. The lowest BCUT2D eigenvalue weighted by atomic mass is 9.94. The van der Waals surface area contributed by atoms with Crippen molar-refractivity contribution in [1.29, 1.82) is 0 Å². The van der Waals surface area contributed by atoms with Crippen LogP contribution in [0.5, 0.6) is 0 Å². The van der Waals surface area contributed by atoms with Crippen LogP contribution in [0, 0.1) is 34.6 Å². The molecule has 5 nitrogen and oxygen atoms in total. The van der Waals surface area contributed by atoms with Crippen LogP contribution in [0.2, 0.25) is 0 Å². The first kappa shape index (κ1) is 20.3. The Morgan fingerprint density at radius 2 is 1.67 bits per heavy atom. The summed E-state index contributed by atoms with van der Waals surface area (Å²) >= 11 is 0. The third-order valence-electron chi connectivity index (χ3n) is 5.92. The first-order chi connectivity index (χ1) is 14.3. The monoisotopic (exact) mass is 402 g/mol. The van der Waals surface area contributed by atoms with Crippen LogP contribution in [0.3, 0.4) is 0 Å². The Bertz CT molecular complexity index is 1250. The van der Waals surface area contributed by atoms with E-state index in [2.05, 4.69) is 63.6 Å². The van der Waals surface area contributed by atoms with Crippen molar-refractivity contribution in [1.82, 2.24) is 19.2 Å². The molecule has 4 aromatic rings. The minimum absolute atomic E-state index is 0.310. The first-order valence-electron chi connectivity index (χ1n) is 10.8. The highest BCUT2D eigenvalue weighted by Gasteiger charge is 2.21. The van der Waals surface area contributed by atoms with Gasteiger partial charge in [0.15, 0.2) is 5.65 Å². The molecule has 0 aliphatic rings. The van der Waals surface area contributed by atoms with E-state index >= 15 is 0 Å². The van der Waals surface area contributed by atoms with Gasteiger partial charge in [0.2, 0.25) is 0 Å². The SMILES string of the molecule is CCCC(=O)CCn1ccc2c(C)nc3c(-c4c(C)cc(C)cc4C)c(C)nn3c21. The van der Waals surface area contributed by atoms with E-state index < -0.39 is 0 Å². The summed E-state index contributed by atoms with van der Waals surface area (Å²) in [5, 5.41) is 5.99. The topological polar surface area (TPSA) is 52.2 Å². The molecule has 3 aromatic heterocycles. The van der Waals surface area contributed by atoms with Crippen molar-refractivity contribution in [3.8, 4) is 11.1 Å². The van der Waals surface area contributed by atoms with Crippen molar-refractivity contribution < 1.29 is 4.79 Å². The van der Waals surface area contributed by atoms with Crippen LogP contribution < -0.4 is 0 Å². The summed E-state index contributed by atoms with van der Waals surface area (Å²) in [6.45, 7) is 13.3. The molecule has 0 radical (unpaired) electrons. The van der Waals surface area contributed by atoms with Gasteiger partial charge in [-0.3, -0.25) is 4.79 Å². The number of Topliss-reactive ketones (excluding diaryl/α,β-unsaturated/α-hetero) is 1. The molecule has 0 amide bonds. The van der Waals surface area contributed by atoms with Gasteiger partial charge in [-0.2, -0.15) is 9.61 Å². The number of hydrogen-bond donors (Lipinski definition) is 0. The molecule has 0 saturated carbocycles. The standard InChI is InChI=1S/C25H30N4O/c1-7-8-20(30)9-11-28-12-10-21-18(5)26-24-23(19(6)27-29(24)25(21)28)22-16(3)13-15(2)14-17(22)4/h10,12-14H,7-9,11H2,1-6H3. The number of nitrogens with zero attached hydrogens (tertiary/aromatic N) is 4. The molecular weight excluding hydrogens is 372 g/mol. The van der Waals surface area contributed by atoms with Crippen LogP contribution in [-0.4, -0.2) is 24.9 Å². The van der Waals surface area contributed by atoms with E-state index in [4.69, 9.17) is 10.1 Å². The Morgan fingerprint density at radius 3 is 2.33 bits per heavy atom. The van der Waals surface area contributed by atoms with E-state index in [9.17, 15) is 4.79 Å². The van der Waals surface area contributed by atoms with Crippen molar-refractivity contribution in [3.05, 3.63) is 52.5 Å². The zero-order chi connectivity index (χ0) is 21.6. The van der Waals surface area contributed by atoms with Crippen LogP contribution in [0.1, 0.15) is 54.3 Å². The van der Waals surface area contributed by atoms with E-state index in [1.165, 1.54) is 22.3 Å². The predicted octanol–water partition coefficient (Wildman–Crippen LogP) is 5.65. The minimum Gasteiger partial charge on any atom is -0.332 e. The average Bonchev–Trinajstić information content (AvgIpc) is 3.22. The van der Waals surface area contributed by atoms with E-state index in [0.717, 1.165) is 40.1 Å². The molecule has 0 aliphatic heterocycles. The van der Waals surface area contributed by atoms with Gasteiger partial charge in [-0.05, 0) is 63.8 Å². The number of aromatic nitrogens is 4. The molecule has 0 bridgehead atoms. The van der Waals surface area contributed by atoms with Gasteiger partial charge in [0.1, 0.15) is 11.4 Å². The minimum atomic E-state index is 0.310. The number of ketones is 1. The second kappa shape index (κ2) is 7.71. The molecule has 30 heavy (non-hydrogen) atoms. The Hall–Kier alpha value is -2.95. The zero-order valence-corrected chi connectivity index (χ0v) is 18.8. The lowest BCUT2D eigenvalue weighted by Crippen LogP contribution is -2.07. The highest BCUT2D eigenvalue weighted by atomic mass is 16.1. The summed E-state index contributed by atoms with van der Waals surface area (Å²) in [6, 6.07) is 6.53. The van der Waals surface area contributed by atoms with Gasteiger partial charge in [-0.15, -0.1) is 0 Å². The summed E-state index contributed by atoms with van der Waals surface area (Å²) in [7, 11) is 0. The third kappa shape index (κ3) is 3.32. The molecule has 0 N–H and O–H groups in total. The largest absolute Gasteiger partial charge is 0.332 e. The Balaban J connectivity index is 1.93. The molecule has 1 aromatic carbocycles. The van der Waals surface area contributed by atoms with E-state index in [1.807, 2.05) is 11.4 Å². The van der Waals surface area contributed by atoms with Gasteiger partial charge >= 0.3 is 0 Å². The van der Waals surface area contributed by atoms with Crippen LogP contribution in [0.15, 0.2) is 24.4 Å². The summed E-state index contributed by atoms with van der Waals surface area (Å²) in [5.74, 6) is 0.310. The Morgan fingerprint density at radius 1 is 0.967 bits per heavy atom. The van der Waals surface area contributed by atoms with Gasteiger partial charge in [-0.25, -0.2) is 4.98 Å². The predicted molar refractivity (Wildman–Crippen MR) is 122 cm³/mol. The highest BCUT2D eigenvalue weighted by Crippen LogP contribution is 2.35. The maximum atomic E-state index is 12.1. The van der Waals surface area contributed by atoms with Crippen molar-refractivity contribution in [3.63, 3.8) is 0 Å². The van der Waals surface area contributed by atoms with Gasteiger partial charge in [-0.1, -0.05) is 24.6 Å². The van der Waals surface area contributed by atoms with Crippen molar-refractivity contribution in [2.75, 3.05) is 0 Å². The molecule has 0 saturated heterocycles. The summed E-state index contributed by atoms with van der Waals surface area (Å²) < 4.78 is 4.12. The van der Waals surface area contributed by atoms with Gasteiger partial charge in [0, 0.05) is 31.0 Å². The molecule has 156 valence electrons. The molecule has 0 atom stereocenters. The van der Waals surface area contributed by atoms with Gasteiger partial charge in [0.25, 0.3) is 0 Å². The summed E-state index contributed by atoms with van der Waals surface area (Å²) in [6.07, 6.45) is 4.14. The second-order valence-corrected chi connectivity index (χ2v) is 8.45. The highest BCUT2D eigenvalue weighted by molar-refractivity contribution is 5.89. The normalized spacial score (nSPS) is 11.7. The lowest BCUT2D eigenvalue weighted by molar-refractivity contribution is -0.119. The van der Waals surface area contributed by atoms with Crippen LogP contribution in [-0.2, 0) is 11.3 Å². The zero-order valence-electron chi connectivity index (χ0n) is 18.8. The van der Waals surface area contributed by atoms with E-state index in [1.54, 1.807) is 0 Å². The third-order valence-corrected chi connectivity index (χ3v) is 5.92. The molecule has 0 spiro atoms. The van der Waals surface area contributed by atoms with Gasteiger partial charge < -0.3 is 4.57 Å². The van der Waals surface area contributed by atoms with Crippen molar-refractivity contribution in [2.24, 2.45) is 0 Å². The second-order valence-electron chi connectivity index (χ2n) is 8.45. The molecule has 5 heteroatoms. The Kier molecular flexibility index (Phi) is 5.22. The molecule has 0 aliphatic carbocycles. The number of rotatable bonds is 6. The number of carbonyl (C=O) groups is 1. The first-order valence-corrected chi connectivity index (χ1v) is 10.8. The number of aryl methyl sites for hydroxylation is 6. The molecule has 3 heterocycles. The fraction of sp³-hybridized carbons (Fsp3) is 0.400. The van der Waals surface area contributed by atoms with Crippen LogP contribution in [0.25, 0.3) is 27.8 Å². The summed E-state index contributed by atoms with van der Waals surface area (Å²) in [4.78, 5) is 17.1. The maximum Gasteiger partial charge on any atom is 0.165 e. The van der Waals surface area contributed by atoms with Crippen molar-refractivity contribution in [2.45, 2.75) is 67.3 Å². The van der Waals surface area contributed by atoms with Crippen LogP contribution in [0.4, 0.5) is 0 Å². The molecular formula is C25H30N4O. The van der Waals surface area contributed by atoms with Crippen molar-refractivity contribution >= 4 is 22.5 Å². The molecule has 4 rings (SSSR count). The quantitative estimate of drug-likeness (QED) is 0.419. The van der Waals surface area contributed by atoms with Crippen LogP contribution >= 0.6 is 0 Å². The van der Waals surface area contributed by atoms with Gasteiger partial charge in [0.05, 0.1) is 17.0 Å². The maximum absolute atomic E-state index is 12.1. The summed E-state index contributed by atoms with van der Waals surface area (Å²) in [5.41, 5.74) is 9.92. The number of carbonyl (C=O) groups excluding carboxylic acids is 1. The van der Waals surface area contributed by atoms with E-state index in [-0.39, 0.29) is 0 Å². The smallest absolute Gasteiger partial charge is 0.165 e. The molecule has 0 fully saturated rings. The number of benzene rings is 1. The Labute approximate surface area is 177 Å². The number of fused-ring (bicyclic) bond motifs is 3. The van der Waals surface area contributed by atoms with E-state index in [0.29, 0.717) is 25.2 Å². The average molecular weight is 403 g/mol. The fourth-order valence-corrected chi connectivity index (χ4v) is 4.66. The number of hydrogen-bond acceptors (Lipinski definition) is 3.